The van der Waals surface area contributed by atoms with Gasteiger partial charge in [0.2, 0.25) is 5.60 Å². The quantitative estimate of drug-likeness (QED) is 0.318. The van der Waals surface area contributed by atoms with Gasteiger partial charge in [-0.2, -0.15) is 0 Å². The van der Waals surface area contributed by atoms with Crippen molar-refractivity contribution >= 4 is 11.7 Å². The average Bonchev–Trinajstić information content (AvgIpc) is 3.13. The Balaban J connectivity index is 1.38. The number of rotatable bonds is 7. The second-order valence-corrected chi connectivity index (χ2v) is 13.6. The van der Waals surface area contributed by atoms with Gasteiger partial charge in [-0.15, -0.1) is 0 Å². The standard InChI is InChI=1S/C29H49NO4/c1-18(7-8-19(2)30-34-27(3,4)26(32)33)23-11-12-24-22-10-9-20-17-21(31)13-15-28(20,5)25(22)14-16-29(23,24)6/h18,20-25,31H,7-17H2,1-6H3,(H,32,33)/b30-19-/t18?,20-,21+,22-,23+,24-,25-,28-,29+/m0/s1. The number of aliphatic hydroxyl groups is 1. The van der Waals surface area contributed by atoms with Gasteiger partial charge in [-0.25, -0.2) is 4.79 Å². The Kier molecular flexibility index (Phi) is 7.19. The second kappa shape index (κ2) is 9.41. The van der Waals surface area contributed by atoms with E-state index in [4.69, 9.17) is 4.84 Å². The Labute approximate surface area is 207 Å². The first kappa shape index (κ1) is 26.0. The lowest BCUT2D eigenvalue weighted by Gasteiger charge is -2.61. The first-order valence-electron chi connectivity index (χ1n) is 14.0. The van der Waals surface area contributed by atoms with Crippen molar-refractivity contribution in [3.63, 3.8) is 0 Å². The molecule has 194 valence electrons. The van der Waals surface area contributed by atoms with Crippen molar-refractivity contribution < 1.29 is 19.8 Å². The lowest BCUT2D eigenvalue weighted by atomic mass is 9.44. The molecule has 0 saturated heterocycles. The zero-order valence-corrected chi connectivity index (χ0v) is 22.5. The first-order chi connectivity index (χ1) is 15.9. The Hall–Kier alpha value is -1.10. The Morgan fingerprint density at radius 1 is 1.06 bits per heavy atom. The highest BCUT2D eigenvalue weighted by Gasteiger charge is 2.60. The molecule has 0 bridgehead atoms. The third kappa shape index (κ3) is 4.55. The van der Waals surface area contributed by atoms with Crippen LogP contribution in [0, 0.1) is 46.3 Å². The number of hydrogen-bond donors (Lipinski definition) is 2. The zero-order chi connectivity index (χ0) is 24.9. The van der Waals surface area contributed by atoms with Crippen LogP contribution in [-0.2, 0) is 9.63 Å². The summed E-state index contributed by atoms with van der Waals surface area (Å²) in [5.41, 5.74) is 0.495. The van der Waals surface area contributed by atoms with Gasteiger partial charge < -0.3 is 15.1 Å². The molecule has 1 unspecified atom stereocenters. The van der Waals surface area contributed by atoms with E-state index in [1.165, 1.54) is 58.8 Å². The van der Waals surface area contributed by atoms with Crippen molar-refractivity contribution in [1.82, 2.24) is 0 Å². The zero-order valence-electron chi connectivity index (χ0n) is 22.5. The van der Waals surface area contributed by atoms with Crippen LogP contribution in [0.4, 0.5) is 0 Å². The molecule has 0 aromatic rings. The number of nitrogens with zero attached hydrogens (tertiary/aromatic N) is 1. The van der Waals surface area contributed by atoms with Crippen molar-refractivity contribution in [3.8, 4) is 0 Å². The Morgan fingerprint density at radius 2 is 1.74 bits per heavy atom. The molecule has 2 N–H and O–H groups in total. The molecule has 0 amide bonds. The minimum Gasteiger partial charge on any atom is -0.478 e. The highest BCUT2D eigenvalue weighted by atomic mass is 16.7. The second-order valence-electron chi connectivity index (χ2n) is 13.6. The maximum Gasteiger partial charge on any atom is 0.350 e. The number of carboxylic acids is 1. The van der Waals surface area contributed by atoms with Crippen molar-refractivity contribution in [2.75, 3.05) is 0 Å². The van der Waals surface area contributed by atoms with E-state index in [0.29, 0.717) is 16.7 Å². The van der Waals surface area contributed by atoms with E-state index >= 15 is 0 Å². The smallest absolute Gasteiger partial charge is 0.350 e. The van der Waals surface area contributed by atoms with Gasteiger partial charge in [0.05, 0.1) is 11.8 Å². The highest BCUT2D eigenvalue weighted by Crippen LogP contribution is 2.68. The molecule has 4 saturated carbocycles. The molecule has 0 aromatic carbocycles. The molecule has 0 radical (unpaired) electrons. The number of carbonyl (C=O) groups is 1. The van der Waals surface area contributed by atoms with Crippen LogP contribution in [-0.4, -0.2) is 33.6 Å². The van der Waals surface area contributed by atoms with E-state index in [-0.39, 0.29) is 6.10 Å². The van der Waals surface area contributed by atoms with Crippen molar-refractivity contribution in [2.45, 2.75) is 124 Å². The van der Waals surface area contributed by atoms with Crippen LogP contribution in [0.15, 0.2) is 5.16 Å². The summed E-state index contributed by atoms with van der Waals surface area (Å²) < 4.78 is 0. The number of carboxylic acid groups (broad SMARTS) is 1. The molecule has 0 spiro atoms. The van der Waals surface area contributed by atoms with Gasteiger partial charge in [-0.1, -0.05) is 25.9 Å². The van der Waals surface area contributed by atoms with Crippen LogP contribution >= 0.6 is 0 Å². The number of aliphatic carboxylic acids is 1. The third-order valence-corrected chi connectivity index (χ3v) is 11.3. The predicted molar refractivity (Wildman–Crippen MR) is 136 cm³/mol. The summed E-state index contributed by atoms with van der Waals surface area (Å²) in [7, 11) is 0. The fraction of sp³-hybridized carbons (Fsp3) is 0.931. The summed E-state index contributed by atoms with van der Waals surface area (Å²) in [6.45, 7) is 12.6. The minimum atomic E-state index is -1.29. The lowest BCUT2D eigenvalue weighted by molar-refractivity contribution is -0.161. The normalized spacial score (nSPS) is 43.4. The van der Waals surface area contributed by atoms with Crippen molar-refractivity contribution in [2.24, 2.45) is 51.5 Å². The molecule has 0 aliphatic heterocycles. The lowest BCUT2D eigenvalue weighted by Crippen LogP contribution is -2.54. The molecular weight excluding hydrogens is 426 g/mol. The topological polar surface area (TPSA) is 79.1 Å². The van der Waals surface area contributed by atoms with Crippen LogP contribution in [0.5, 0.6) is 0 Å². The van der Waals surface area contributed by atoms with Crippen LogP contribution < -0.4 is 0 Å². The fourth-order valence-corrected chi connectivity index (χ4v) is 9.13. The van der Waals surface area contributed by atoms with Crippen molar-refractivity contribution in [1.29, 1.82) is 0 Å². The third-order valence-electron chi connectivity index (χ3n) is 11.3. The van der Waals surface area contributed by atoms with Gasteiger partial charge in [0.15, 0.2) is 0 Å². The average molecular weight is 476 g/mol. The summed E-state index contributed by atoms with van der Waals surface area (Å²) in [4.78, 5) is 16.6. The van der Waals surface area contributed by atoms with E-state index in [0.717, 1.165) is 61.0 Å². The number of aliphatic hydroxyl groups excluding tert-OH is 1. The monoisotopic (exact) mass is 475 g/mol. The van der Waals surface area contributed by atoms with Gasteiger partial charge >= 0.3 is 5.97 Å². The molecule has 4 aliphatic carbocycles. The van der Waals surface area contributed by atoms with Crippen molar-refractivity contribution in [3.05, 3.63) is 0 Å². The molecule has 4 rings (SSSR count). The van der Waals surface area contributed by atoms with Gasteiger partial charge in [0.25, 0.3) is 0 Å². The van der Waals surface area contributed by atoms with Gasteiger partial charge in [-0.3, -0.25) is 0 Å². The van der Waals surface area contributed by atoms with Gasteiger partial charge in [0, 0.05) is 0 Å². The van der Waals surface area contributed by atoms with Gasteiger partial charge in [-0.05, 0) is 138 Å². The molecule has 5 heteroatoms. The highest BCUT2D eigenvalue weighted by molar-refractivity contribution is 5.81. The van der Waals surface area contributed by atoms with Crippen LogP contribution in [0.2, 0.25) is 0 Å². The molecule has 0 aromatic heterocycles. The van der Waals surface area contributed by atoms with Crippen LogP contribution in [0.1, 0.15) is 112 Å². The summed E-state index contributed by atoms with van der Waals surface area (Å²) >= 11 is 0. The summed E-state index contributed by atoms with van der Waals surface area (Å²) in [6, 6.07) is 0. The number of fused-ring (bicyclic) bond motifs is 5. The summed E-state index contributed by atoms with van der Waals surface area (Å²) in [6.07, 6.45) is 13.3. The molecule has 34 heavy (non-hydrogen) atoms. The maximum absolute atomic E-state index is 11.3. The largest absolute Gasteiger partial charge is 0.478 e. The Bertz CT molecular complexity index is 793. The van der Waals surface area contributed by atoms with Crippen LogP contribution in [0.3, 0.4) is 0 Å². The molecular formula is C29H49NO4. The van der Waals surface area contributed by atoms with E-state index in [9.17, 15) is 15.0 Å². The summed E-state index contributed by atoms with van der Waals surface area (Å²) in [5.74, 6) is 3.73. The first-order valence-corrected chi connectivity index (χ1v) is 14.0. The van der Waals surface area contributed by atoms with E-state index < -0.39 is 11.6 Å². The number of hydrogen-bond acceptors (Lipinski definition) is 4. The molecule has 9 atom stereocenters. The number of oxime groups is 1. The van der Waals surface area contributed by atoms with Crippen LogP contribution in [0.25, 0.3) is 0 Å². The molecule has 4 fully saturated rings. The summed E-state index contributed by atoms with van der Waals surface area (Å²) in [5, 5.41) is 23.7. The Morgan fingerprint density at radius 3 is 2.44 bits per heavy atom. The maximum atomic E-state index is 11.3. The van der Waals surface area contributed by atoms with E-state index in [2.05, 4.69) is 25.9 Å². The molecule has 5 nitrogen and oxygen atoms in total. The fourth-order valence-electron chi connectivity index (χ4n) is 9.13. The van der Waals surface area contributed by atoms with E-state index in [1.807, 2.05) is 6.92 Å². The molecule has 4 aliphatic rings. The predicted octanol–water partition coefficient (Wildman–Crippen LogP) is 6.68. The molecule has 0 heterocycles. The SMILES string of the molecule is C/C(CCC(C)[C@H]1CC[C@H]2[C@@H]3CC[C@H]4C[C@H](O)CC[C@]4(C)[C@H]3CC[C@]12C)=N/OC(C)(C)C(=O)O. The van der Waals surface area contributed by atoms with E-state index in [1.54, 1.807) is 0 Å². The van der Waals surface area contributed by atoms with Gasteiger partial charge in [0.1, 0.15) is 0 Å². The minimum absolute atomic E-state index is 0.0622.